The van der Waals surface area contributed by atoms with Crippen molar-refractivity contribution >= 4 is 24.7 Å². The van der Waals surface area contributed by atoms with Crippen molar-refractivity contribution in [3.63, 3.8) is 0 Å². The van der Waals surface area contributed by atoms with Gasteiger partial charge in [-0.3, -0.25) is 0 Å². The maximum Gasteiger partial charge on any atom is 0.500 e. The minimum Gasteiger partial charge on any atom is -0.377 e. The molecule has 0 heterocycles. The third-order valence-corrected chi connectivity index (χ3v) is 13.4. The number of unbranched alkanes of at least 4 members (excludes halogenated alkanes) is 34. The lowest BCUT2D eigenvalue weighted by Gasteiger charge is -2.24. The number of alkyl halides is 1. The van der Waals surface area contributed by atoms with Crippen molar-refractivity contribution in [3.05, 3.63) is 0 Å². The minimum absolute atomic E-state index is 0.940. The number of rotatable bonds is 40. The molecule has 0 aromatic carbocycles. The summed E-state index contributed by atoms with van der Waals surface area (Å²) in [6.07, 6.45) is 50.5. The third-order valence-electron chi connectivity index (χ3n) is 10.0. The monoisotopic (exact) mass is 719 g/mol. The van der Waals surface area contributed by atoms with Crippen LogP contribution in [0.25, 0.3) is 0 Å². The first kappa shape index (κ1) is 45.6. The molecule has 0 aromatic heterocycles. The summed E-state index contributed by atoms with van der Waals surface area (Å²) in [5.41, 5.74) is 0. The van der Waals surface area contributed by atoms with E-state index < -0.39 is 8.80 Å². The molecule has 5 heteroatoms. The molecule has 0 unspecified atom stereocenters. The van der Waals surface area contributed by atoms with E-state index in [0.717, 1.165) is 12.5 Å². The van der Waals surface area contributed by atoms with Gasteiger partial charge in [-0.05, 0) is 12.8 Å². The average Bonchev–Trinajstić information content (AvgIpc) is 3.06. The van der Waals surface area contributed by atoms with Gasteiger partial charge in [0.05, 0.1) is 0 Å². The molecular formula is C40H83BrO3Si. The van der Waals surface area contributed by atoms with Crippen LogP contribution < -0.4 is 0 Å². The Morgan fingerprint density at radius 1 is 0.267 bits per heavy atom. The van der Waals surface area contributed by atoms with Gasteiger partial charge in [-0.1, -0.05) is 228 Å². The summed E-state index contributed by atoms with van der Waals surface area (Å²) in [4.78, 5) is 0. The molecule has 0 amide bonds. The highest BCUT2D eigenvalue weighted by atomic mass is 79.9. The van der Waals surface area contributed by atoms with Gasteiger partial charge < -0.3 is 13.3 Å². The third kappa shape index (κ3) is 34.2. The fourth-order valence-electron chi connectivity index (χ4n) is 6.83. The predicted octanol–water partition coefficient (Wildman–Crippen LogP) is 14.9. The highest BCUT2D eigenvalue weighted by Crippen LogP contribution is 2.20. The summed E-state index contributed by atoms with van der Waals surface area (Å²) in [6, 6.07) is 0.940. The Hall–Kier alpha value is 0.577. The van der Waals surface area contributed by atoms with E-state index in [1.54, 1.807) is 21.3 Å². The van der Waals surface area contributed by atoms with Crippen LogP contribution >= 0.6 is 15.9 Å². The van der Waals surface area contributed by atoms with Crippen LogP contribution in [-0.4, -0.2) is 35.5 Å². The van der Waals surface area contributed by atoms with Crippen molar-refractivity contribution in [1.82, 2.24) is 0 Å². The highest BCUT2D eigenvalue weighted by molar-refractivity contribution is 9.09. The van der Waals surface area contributed by atoms with Crippen molar-refractivity contribution < 1.29 is 13.3 Å². The van der Waals surface area contributed by atoms with E-state index in [9.17, 15) is 0 Å². The fourth-order valence-corrected chi connectivity index (χ4v) is 9.02. The molecule has 45 heavy (non-hydrogen) atoms. The van der Waals surface area contributed by atoms with E-state index in [0.29, 0.717) is 0 Å². The van der Waals surface area contributed by atoms with E-state index in [4.69, 9.17) is 13.3 Å². The molecule has 0 saturated heterocycles. The maximum atomic E-state index is 5.50. The lowest BCUT2D eigenvalue weighted by molar-refractivity contribution is 0.122. The maximum absolute atomic E-state index is 5.50. The van der Waals surface area contributed by atoms with Crippen LogP contribution in [0.4, 0.5) is 0 Å². The second kappa shape index (κ2) is 39.0. The first-order chi connectivity index (χ1) is 22.2. The van der Waals surface area contributed by atoms with Gasteiger partial charge in [0.15, 0.2) is 0 Å². The Labute approximate surface area is 294 Å². The van der Waals surface area contributed by atoms with Crippen molar-refractivity contribution in [1.29, 1.82) is 0 Å². The summed E-state index contributed by atoms with van der Waals surface area (Å²) < 4.78 is 16.5. The van der Waals surface area contributed by atoms with Crippen LogP contribution in [0.5, 0.6) is 0 Å². The molecule has 0 fully saturated rings. The largest absolute Gasteiger partial charge is 0.500 e. The summed E-state index contributed by atoms with van der Waals surface area (Å²) in [7, 11) is 2.79. The Morgan fingerprint density at radius 2 is 0.422 bits per heavy atom. The van der Waals surface area contributed by atoms with Crippen LogP contribution in [0.3, 0.4) is 0 Å². The van der Waals surface area contributed by atoms with E-state index in [2.05, 4.69) is 15.9 Å². The molecule has 0 aliphatic carbocycles. The topological polar surface area (TPSA) is 27.7 Å². The van der Waals surface area contributed by atoms with Gasteiger partial charge in [0, 0.05) is 32.7 Å². The molecule has 0 saturated carbocycles. The molecule has 0 atom stereocenters. The zero-order chi connectivity index (χ0) is 32.8. The summed E-state index contributed by atoms with van der Waals surface area (Å²) in [6.45, 7) is 0. The van der Waals surface area contributed by atoms with Crippen LogP contribution in [0.1, 0.15) is 225 Å². The van der Waals surface area contributed by atoms with Crippen LogP contribution in [0, 0.1) is 0 Å². The summed E-state index contributed by atoms with van der Waals surface area (Å²) in [5.74, 6) is 0. The van der Waals surface area contributed by atoms with Gasteiger partial charge in [-0.2, -0.15) is 0 Å². The van der Waals surface area contributed by atoms with Gasteiger partial charge in [0.2, 0.25) is 0 Å². The zero-order valence-corrected chi connectivity index (χ0v) is 33.9. The Kier molecular flexibility index (Phi) is 39.5. The van der Waals surface area contributed by atoms with Crippen molar-refractivity contribution in [2.75, 3.05) is 26.7 Å². The first-order valence-corrected chi connectivity index (χ1v) is 23.5. The van der Waals surface area contributed by atoms with Crippen LogP contribution in [0.15, 0.2) is 0 Å². The lowest BCUT2D eigenvalue weighted by Crippen LogP contribution is -2.42. The van der Waals surface area contributed by atoms with Gasteiger partial charge >= 0.3 is 8.80 Å². The highest BCUT2D eigenvalue weighted by Gasteiger charge is 2.36. The molecule has 272 valence electrons. The second-order valence-corrected chi connectivity index (χ2v) is 18.0. The molecule has 0 radical (unpaired) electrons. The van der Waals surface area contributed by atoms with Gasteiger partial charge in [0.1, 0.15) is 0 Å². The average molecular weight is 720 g/mol. The van der Waals surface area contributed by atoms with Crippen LogP contribution in [0.2, 0.25) is 6.04 Å². The molecule has 0 N–H and O–H groups in total. The lowest BCUT2D eigenvalue weighted by atomic mass is 10.0. The summed E-state index contributed by atoms with van der Waals surface area (Å²) >= 11 is 3.52. The molecule has 0 aromatic rings. The van der Waals surface area contributed by atoms with E-state index in [1.165, 1.54) is 224 Å². The first-order valence-electron chi connectivity index (χ1n) is 20.5. The van der Waals surface area contributed by atoms with Crippen LogP contribution in [-0.2, 0) is 13.3 Å². The Morgan fingerprint density at radius 3 is 0.578 bits per heavy atom. The van der Waals surface area contributed by atoms with Gasteiger partial charge in [-0.25, -0.2) is 0 Å². The molecule has 0 bridgehead atoms. The SMILES string of the molecule is CO[Si](CCCCCCCCCCCCCCCCCCCCCCCCCCCCCCCCCCCCCBr)(OC)OC. The van der Waals surface area contributed by atoms with Crippen molar-refractivity contribution in [2.45, 2.75) is 231 Å². The predicted molar refractivity (Wildman–Crippen MR) is 207 cm³/mol. The zero-order valence-electron chi connectivity index (χ0n) is 31.3. The minimum atomic E-state index is -2.34. The summed E-state index contributed by atoms with van der Waals surface area (Å²) in [5, 5.41) is 1.18. The molecule has 0 aliphatic heterocycles. The van der Waals surface area contributed by atoms with Crippen molar-refractivity contribution in [3.8, 4) is 0 Å². The smallest absolute Gasteiger partial charge is 0.377 e. The van der Waals surface area contributed by atoms with E-state index >= 15 is 0 Å². The Bertz CT molecular complexity index is 523. The van der Waals surface area contributed by atoms with Gasteiger partial charge in [-0.15, -0.1) is 0 Å². The quantitative estimate of drug-likeness (QED) is 0.0358. The fraction of sp³-hybridized carbons (Fsp3) is 1.00. The molecule has 0 aliphatic rings. The Balaban J connectivity index is 3.11. The standard InChI is InChI=1S/C40H83BrO3Si/c1-42-45(43-2,44-3)40-38-36-34-32-30-28-26-24-22-20-18-16-14-12-10-8-6-4-5-7-9-11-13-15-17-19-21-23-25-27-29-31-33-35-37-39-41/h4-40H2,1-3H3. The normalized spacial score (nSPS) is 12.0. The number of hydrogen-bond donors (Lipinski definition) is 0. The number of hydrogen-bond acceptors (Lipinski definition) is 3. The van der Waals surface area contributed by atoms with E-state index in [-0.39, 0.29) is 0 Å². The van der Waals surface area contributed by atoms with Gasteiger partial charge in [0.25, 0.3) is 0 Å². The molecular weight excluding hydrogens is 636 g/mol. The van der Waals surface area contributed by atoms with Crippen molar-refractivity contribution in [2.24, 2.45) is 0 Å². The van der Waals surface area contributed by atoms with E-state index in [1.807, 2.05) is 0 Å². The second-order valence-electron chi connectivity index (χ2n) is 14.1. The molecule has 3 nitrogen and oxygen atoms in total. The number of halogens is 1. The molecule has 0 spiro atoms. The molecule has 0 rings (SSSR count).